The van der Waals surface area contributed by atoms with E-state index in [1.807, 2.05) is 0 Å². The summed E-state index contributed by atoms with van der Waals surface area (Å²) in [5.74, 6) is -0.883. The monoisotopic (exact) mass is 319 g/mol. The maximum atomic E-state index is 12.6. The highest BCUT2D eigenvalue weighted by atomic mass is 19.4. The second-order valence-electron chi connectivity index (χ2n) is 4.26. The van der Waals surface area contributed by atoms with Gasteiger partial charge in [0, 0.05) is 13.2 Å². The van der Waals surface area contributed by atoms with Crippen molar-refractivity contribution in [1.82, 2.24) is 10.8 Å². The van der Waals surface area contributed by atoms with Crippen molar-refractivity contribution in [3.8, 4) is 0 Å². The van der Waals surface area contributed by atoms with Crippen LogP contribution in [0.3, 0.4) is 0 Å². The molecule has 0 saturated carbocycles. The van der Waals surface area contributed by atoms with Gasteiger partial charge in [-0.1, -0.05) is 12.1 Å². The predicted octanol–water partition coefficient (Wildman–Crippen LogP) is 1.12. The molecule has 0 spiro atoms. The molecule has 0 aliphatic rings. The lowest BCUT2D eigenvalue weighted by molar-refractivity contribution is -0.137. The molecule has 22 heavy (non-hydrogen) atoms. The molecule has 1 aromatic carbocycles. The summed E-state index contributed by atoms with van der Waals surface area (Å²) in [7, 11) is 1.50. The van der Waals surface area contributed by atoms with Gasteiger partial charge in [-0.3, -0.25) is 10.0 Å². The second-order valence-corrected chi connectivity index (χ2v) is 4.26. The Kier molecular flexibility index (Phi) is 6.35. The van der Waals surface area contributed by atoms with Gasteiger partial charge in [0.05, 0.1) is 17.7 Å². The lowest BCUT2D eigenvalue weighted by atomic mass is 10.1. The van der Waals surface area contributed by atoms with Gasteiger partial charge in [0.1, 0.15) is 6.23 Å². The second kappa shape index (κ2) is 7.78. The third-order valence-corrected chi connectivity index (χ3v) is 2.65. The first-order valence-electron chi connectivity index (χ1n) is 6.14. The number of amides is 1. The van der Waals surface area contributed by atoms with Crippen LogP contribution < -0.4 is 16.5 Å². The van der Waals surface area contributed by atoms with Crippen LogP contribution in [0.5, 0.6) is 0 Å². The Morgan fingerprint density at radius 3 is 2.73 bits per heavy atom. The largest absolute Gasteiger partial charge is 0.416 e. The number of benzene rings is 1. The first kappa shape index (κ1) is 18.0. The topological polar surface area (TPSA) is 96.6 Å². The van der Waals surface area contributed by atoms with E-state index in [4.69, 9.17) is 15.7 Å². The molecule has 9 heteroatoms. The summed E-state index contributed by atoms with van der Waals surface area (Å²) < 4.78 is 42.9. The molecule has 0 aromatic heterocycles. The summed E-state index contributed by atoms with van der Waals surface area (Å²) >= 11 is 0. The summed E-state index contributed by atoms with van der Waals surface area (Å²) in [6, 6.07) is 4.56. The minimum Gasteiger partial charge on any atom is -0.393 e. The number of alkyl halides is 3. The number of halogens is 3. The number of ether oxygens (including phenoxy) is 1. The molecule has 0 bridgehead atoms. The van der Waals surface area contributed by atoms with Crippen molar-refractivity contribution in [2.24, 2.45) is 5.73 Å². The van der Waals surface area contributed by atoms with E-state index in [0.29, 0.717) is 0 Å². The van der Waals surface area contributed by atoms with Crippen LogP contribution in [-0.4, -0.2) is 24.4 Å². The van der Waals surface area contributed by atoms with Gasteiger partial charge in [0.15, 0.2) is 0 Å². The van der Waals surface area contributed by atoms with Gasteiger partial charge in [-0.15, -0.1) is 0 Å². The fourth-order valence-corrected chi connectivity index (χ4v) is 1.61. The van der Waals surface area contributed by atoms with Gasteiger partial charge < -0.3 is 15.8 Å². The van der Waals surface area contributed by atoms with Crippen LogP contribution in [0.15, 0.2) is 36.0 Å². The molecule has 122 valence electrons. The van der Waals surface area contributed by atoms with Gasteiger partial charge >= 0.3 is 6.18 Å². The Morgan fingerprint density at radius 1 is 1.50 bits per heavy atom. The highest BCUT2D eigenvalue weighted by molar-refractivity contribution is 5.93. The zero-order valence-corrected chi connectivity index (χ0v) is 11.6. The zero-order chi connectivity index (χ0) is 16.8. The summed E-state index contributed by atoms with van der Waals surface area (Å²) in [5, 5.41) is 11.1. The smallest absolute Gasteiger partial charge is 0.393 e. The van der Waals surface area contributed by atoms with E-state index in [2.05, 4.69) is 5.32 Å². The van der Waals surface area contributed by atoms with Gasteiger partial charge in [0.2, 0.25) is 0 Å². The van der Waals surface area contributed by atoms with Crippen molar-refractivity contribution in [2.45, 2.75) is 19.0 Å². The minimum atomic E-state index is -4.45. The van der Waals surface area contributed by atoms with Crippen molar-refractivity contribution in [3.05, 3.63) is 47.2 Å². The number of rotatable bonds is 6. The molecule has 1 atom stereocenters. The van der Waals surface area contributed by atoms with E-state index >= 15 is 0 Å². The van der Waals surface area contributed by atoms with E-state index in [0.717, 1.165) is 12.1 Å². The standard InChI is InChI=1S/C13H16F3N3O3/c1-18-6-10(12(20)19-21)11(17)22-7-8-3-2-4-9(5-8)13(14,15)16/h2-6,11,18,21H,7,17H2,1H3,(H,19,20)/b10-6+. The predicted molar refractivity (Wildman–Crippen MR) is 71.3 cm³/mol. The Hall–Kier alpha value is -2.10. The Bertz CT molecular complexity index is 547. The summed E-state index contributed by atoms with van der Waals surface area (Å²) in [6.07, 6.45) is -4.47. The molecule has 0 aliphatic carbocycles. The van der Waals surface area contributed by atoms with Gasteiger partial charge in [-0.25, -0.2) is 5.48 Å². The molecule has 0 saturated heterocycles. The zero-order valence-electron chi connectivity index (χ0n) is 11.6. The molecule has 1 aromatic rings. The van der Waals surface area contributed by atoms with E-state index in [1.54, 1.807) is 0 Å². The first-order valence-corrected chi connectivity index (χ1v) is 6.14. The van der Waals surface area contributed by atoms with Crippen molar-refractivity contribution in [1.29, 1.82) is 0 Å². The number of nitrogens with two attached hydrogens (primary N) is 1. The highest BCUT2D eigenvalue weighted by Gasteiger charge is 2.30. The molecule has 5 N–H and O–H groups in total. The van der Waals surface area contributed by atoms with E-state index < -0.39 is 23.9 Å². The molecular weight excluding hydrogens is 303 g/mol. The first-order chi connectivity index (χ1) is 10.3. The van der Waals surface area contributed by atoms with E-state index in [-0.39, 0.29) is 17.7 Å². The van der Waals surface area contributed by atoms with Crippen LogP contribution in [0.25, 0.3) is 0 Å². The average molecular weight is 319 g/mol. The molecule has 0 radical (unpaired) electrons. The van der Waals surface area contributed by atoms with Gasteiger partial charge in [-0.2, -0.15) is 13.2 Å². The van der Waals surface area contributed by atoms with E-state index in [1.165, 1.54) is 30.9 Å². The third kappa shape index (κ3) is 5.02. The van der Waals surface area contributed by atoms with Gasteiger partial charge in [-0.05, 0) is 17.7 Å². The molecule has 0 fully saturated rings. The fourth-order valence-electron chi connectivity index (χ4n) is 1.61. The van der Waals surface area contributed by atoms with Crippen LogP contribution >= 0.6 is 0 Å². The lowest BCUT2D eigenvalue weighted by Crippen LogP contribution is -2.36. The van der Waals surface area contributed by atoms with Crippen molar-refractivity contribution < 1.29 is 27.9 Å². The van der Waals surface area contributed by atoms with Crippen molar-refractivity contribution >= 4 is 5.91 Å². The number of hydrogen-bond acceptors (Lipinski definition) is 5. The van der Waals surface area contributed by atoms with Gasteiger partial charge in [0.25, 0.3) is 5.91 Å². The number of hydrogen-bond donors (Lipinski definition) is 4. The Morgan fingerprint density at radius 2 is 2.18 bits per heavy atom. The molecule has 1 rings (SSSR count). The molecular formula is C13H16F3N3O3. The number of carbonyl (C=O) groups is 1. The van der Waals surface area contributed by atoms with Crippen molar-refractivity contribution in [3.63, 3.8) is 0 Å². The van der Waals surface area contributed by atoms with E-state index in [9.17, 15) is 18.0 Å². The Labute approximate surface area is 124 Å². The maximum Gasteiger partial charge on any atom is 0.416 e. The van der Waals surface area contributed by atoms with Crippen LogP contribution in [0, 0.1) is 0 Å². The SMILES string of the molecule is CN/C=C(/C(=O)NO)C(N)OCc1cccc(C(F)(F)F)c1. The van der Waals surface area contributed by atoms with Crippen LogP contribution in [-0.2, 0) is 22.3 Å². The summed E-state index contributed by atoms with van der Waals surface area (Å²) in [4.78, 5) is 11.4. The fraction of sp³-hybridized carbons (Fsp3) is 0.308. The number of hydroxylamine groups is 1. The molecule has 0 aliphatic heterocycles. The summed E-state index contributed by atoms with van der Waals surface area (Å²) in [5.41, 5.74) is 6.36. The summed E-state index contributed by atoms with van der Waals surface area (Å²) in [6.45, 7) is -0.231. The average Bonchev–Trinajstić information content (AvgIpc) is 2.49. The quantitative estimate of drug-likeness (QED) is 0.273. The lowest BCUT2D eigenvalue weighted by Gasteiger charge is -2.16. The molecule has 0 heterocycles. The van der Waals surface area contributed by atoms with Crippen LogP contribution in [0.4, 0.5) is 13.2 Å². The van der Waals surface area contributed by atoms with Crippen molar-refractivity contribution in [2.75, 3.05) is 7.05 Å². The Balaban J connectivity index is 2.77. The van der Waals surface area contributed by atoms with Crippen LogP contribution in [0.2, 0.25) is 0 Å². The number of carbonyl (C=O) groups excluding carboxylic acids is 1. The molecule has 1 unspecified atom stereocenters. The molecule has 6 nitrogen and oxygen atoms in total. The minimum absolute atomic E-state index is 0.114. The normalized spacial score (nSPS) is 13.6. The third-order valence-electron chi connectivity index (χ3n) is 2.65. The van der Waals surface area contributed by atoms with Crippen LogP contribution in [0.1, 0.15) is 11.1 Å². The molecule has 1 amide bonds. The maximum absolute atomic E-state index is 12.6. The highest BCUT2D eigenvalue weighted by Crippen LogP contribution is 2.29. The number of nitrogens with one attached hydrogen (secondary N) is 2.